The lowest BCUT2D eigenvalue weighted by Crippen LogP contribution is -2.51. The smallest absolute Gasteiger partial charge is 0.433 e. The van der Waals surface area contributed by atoms with Crippen molar-refractivity contribution in [1.82, 2.24) is 14.9 Å². The van der Waals surface area contributed by atoms with Gasteiger partial charge < -0.3 is 9.64 Å². The molecular formula is C18H20F4N4O. The average Bonchev–Trinajstić information content (AvgIpc) is 2.63. The third kappa shape index (κ3) is 4.47. The molecule has 1 aliphatic heterocycles. The van der Waals surface area contributed by atoms with Crippen LogP contribution in [0.25, 0.3) is 0 Å². The lowest BCUT2D eigenvalue weighted by molar-refractivity contribution is -0.141. The van der Waals surface area contributed by atoms with E-state index in [4.69, 9.17) is 4.74 Å². The summed E-state index contributed by atoms with van der Waals surface area (Å²) < 4.78 is 57.3. The second-order valence-corrected chi connectivity index (χ2v) is 6.49. The molecule has 1 fully saturated rings. The minimum atomic E-state index is -4.50. The monoisotopic (exact) mass is 384 g/mol. The fourth-order valence-corrected chi connectivity index (χ4v) is 3.16. The maximum absolute atomic E-state index is 13.9. The van der Waals surface area contributed by atoms with Crippen LogP contribution in [-0.2, 0) is 12.7 Å². The Balaban J connectivity index is 1.66. The minimum Gasteiger partial charge on any atom is -0.494 e. The first-order chi connectivity index (χ1) is 12.8. The lowest BCUT2D eigenvalue weighted by Gasteiger charge is -2.40. The van der Waals surface area contributed by atoms with Gasteiger partial charge in [0.2, 0.25) is 0 Å². The van der Waals surface area contributed by atoms with E-state index >= 15 is 0 Å². The van der Waals surface area contributed by atoms with Crippen molar-refractivity contribution in [3.63, 3.8) is 0 Å². The van der Waals surface area contributed by atoms with Crippen LogP contribution in [0.2, 0.25) is 0 Å². The van der Waals surface area contributed by atoms with Gasteiger partial charge in [0.15, 0.2) is 11.6 Å². The lowest BCUT2D eigenvalue weighted by atomic mass is 10.1. The van der Waals surface area contributed by atoms with Crippen LogP contribution >= 0.6 is 0 Å². The van der Waals surface area contributed by atoms with Crippen molar-refractivity contribution in [3.05, 3.63) is 47.7 Å². The Hall–Kier alpha value is -2.42. The van der Waals surface area contributed by atoms with Gasteiger partial charge in [-0.2, -0.15) is 13.2 Å². The summed E-state index contributed by atoms with van der Waals surface area (Å²) in [4.78, 5) is 11.3. The van der Waals surface area contributed by atoms with Crippen LogP contribution in [0, 0.1) is 5.82 Å². The molecule has 0 N–H and O–H groups in total. The number of rotatable bonds is 4. The van der Waals surface area contributed by atoms with Crippen molar-refractivity contribution in [2.45, 2.75) is 25.7 Å². The molecule has 1 aliphatic rings. The summed E-state index contributed by atoms with van der Waals surface area (Å²) in [7, 11) is 1.41. The first-order valence-corrected chi connectivity index (χ1v) is 8.48. The topological polar surface area (TPSA) is 41.5 Å². The molecule has 1 unspecified atom stereocenters. The molecule has 3 rings (SSSR count). The fraction of sp³-hybridized carbons (Fsp3) is 0.444. The second kappa shape index (κ2) is 7.67. The number of hydrogen-bond acceptors (Lipinski definition) is 5. The molecule has 9 heteroatoms. The quantitative estimate of drug-likeness (QED) is 0.757. The van der Waals surface area contributed by atoms with Gasteiger partial charge in [0.1, 0.15) is 17.8 Å². The highest BCUT2D eigenvalue weighted by Gasteiger charge is 2.34. The van der Waals surface area contributed by atoms with Gasteiger partial charge in [0.25, 0.3) is 0 Å². The van der Waals surface area contributed by atoms with E-state index in [1.165, 1.54) is 13.2 Å². The van der Waals surface area contributed by atoms with Crippen molar-refractivity contribution in [3.8, 4) is 5.75 Å². The summed E-state index contributed by atoms with van der Waals surface area (Å²) in [5.41, 5.74) is -0.133. The van der Waals surface area contributed by atoms with Crippen LogP contribution in [0.15, 0.2) is 30.6 Å². The summed E-state index contributed by atoms with van der Waals surface area (Å²) in [6.45, 7) is 4.20. The standard InChI is InChI=1S/C18H20F4N4O/c1-12-9-26(17-8-16(18(20,21)22)23-11-24-17)6-5-25(12)10-13-3-4-15(27-2)14(19)7-13/h3-4,7-8,11-12H,5-6,9-10H2,1-2H3. The summed E-state index contributed by atoms with van der Waals surface area (Å²) >= 11 is 0. The summed E-state index contributed by atoms with van der Waals surface area (Å²) in [5.74, 6) is 0.0436. The number of ether oxygens (including phenoxy) is 1. The number of nitrogens with zero attached hydrogens (tertiary/aromatic N) is 4. The molecule has 0 bridgehead atoms. The predicted molar refractivity (Wildman–Crippen MR) is 92.1 cm³/mol. The van der Waals surface area contributed by atoms with Crippen molar-refractivity contribution < 1.29 is 22.3 Å². The van der Waals surface area contributed by atoms with Gasteiger partial charge in [0, 0.05) is 38.3 Å². The van der Waals surface area contributed by atoms with Crippen LogP contribution in [0.1, 0.15) is 18.2 Å². The molecule has 1 saturated heterocycles. The Morgan fingerprint density at radius 1 is 1.19 bits per heavy atom. The second-order valence-electron chi connectivity index (χ2n) is 6.49. The van der Waals surface area contributed by atoms with Crippen LogP contribution in [0.4, 0.5) is 23.4 Å². The number of halogens is 4. The molecule has 0 aliphatic carbocycles. The van der Waals surface area contributed by atoms with Gasteiger partial charge in [-0.25, -0.2) is 14.4 Å². The number of alkyl halides is 3. The Bertz CT molecular complexity index is 799. The molecule has 1 aromatic carbocycles. The number of piperazine rings is 1. The van der Waals surface area contributed by atoms with Crippen molar-refractivity contribution in [2.75, 3.05) is 31.6 Å². The highest BCUT2D eigenvalue weighted by Crippen LogP contribution is 2.29. The largest absolute Gasteiger partial charge is 0.494 e. The van der Waals surface area contributed by atoms with E-state index in [0.29, 0.717) is 26.2 Å². The Morgan fingerprint density at radius 2 is 1.96 bits per heavy atom. The Labute approximate surface area is 154 Å². The maximum Gasteiger partial charge on any atom is 0.433 e. The zero-order chi connectivity index (χ0) is 19.6. The fourth-order valence-electron chi connectivity index (χ4n) is 3.16. The van der Waals surface area contributed by atoms with E-state index in [0.717, 1.165) is 18.0 Å². The van der Waals surface area contributed by atoms with E-state index in [1.54, 1.807) is 12.1 Å². The zero-order valence-electron chi connectivity index (χ0n) is 15.0. The maximum atomic E-state index is 13.9. The molecule has 27 heavy (non-hydrogen) atoms. The van der Waals surface area contributed by atoms with E-state index < -0.39 is 17.7 Å². The first-order valence-electron chi connectivity index (χ1n) is 8.48. The molecule has 0 saturated carbocycles. The molecular weight excluding hydrogens is 364 g/mol. The summed E-state index contributed by atoms with van der Waals surface area (Å²) in [5, 5.41) is 0. The molecule has 2 aromatic rings. The minimum absolute atomic E-state index is 0.0632. The molecule has 1 aromatic heterocycles. The zero-order valence-corrected chi connectivity index (χ0v) is 15.0. The van der Waals surface area contributed by atoms with E-state index in [9.17, 15) is 17.6 Å². The molecule has 0 radical (unpaired) electrons. The van der Waals surface area contributed by atoms with Gasteiger partial charge >= 0.3 is 6.18 Å². The summed E-state index contributed by atoms with van der Waals surface area (Å²) in [6, 6.07) is 5.87. The average molecular weight is 384 g/mol. The molecule has 0 amide bonds. The van der Waals surface area contributed by atoms with Gasteiger partial charge in [-0.05, 0) is 24.6 Å². The highest BCUT2D eigenvalue weighted by atomic mass is 19.4. The summed E-state index contributed by atoms with van der Waals surface area (Å²) in [6.07, 6.45) is -3.56. The van der Waals surface area contributed by atoms with Gasteiger partial charge in [-0.15, -0.1) is 0 Å². The van der Waals surface area contributed by atoms with Gasteiger partial charge in [0.05, 0.1) is 7.11 Å². The van der Waals surface area contributed by atoms with Crippen LogP contribution < -0.4 is 9.64 Å². The Kier molecular flexibility index (Phi) is 5.50. The normalized spacial score (nSPS) is 18.6. The van der Waals surface area contributed by atoms with Crippen molar-refractivity contribution in [1.29, 1.82) is 0 Å². The molecule has 2 heterocycles. The van der Waals surface area contributed by atoms with E-state index in [1.807, 2.05) is 11.8 Å². The van der Waals surface area contributed by atoms with Gasteiger partial charge in [-0.1, -0.05) is 6.07 Å². The highest BCUT2D eigenvalue weighted by molar-refractivity contribution is 5.40. The third-order valence-electron chi connectivity index (χ3n) is 4.63. The first kappa shape index (κ1) is 19.3. The molecule has 146 valence electrons. The molecule has 1 atom stereocenters. The number of anilines is 1. The van der Waals surface area contributed by atoms with Crippen LogP contribution in [0.5, 0.6) is 5.75 Å². The van der Waals surface area contributed by atoms with E-state index in [2.05, 4.69) is 14.9 Å². The number of methoxy groups -OCH3 is 1. The third-order valence-corrected chi connectivity index (χ3v) is 4.63. The predicted octanol–water partition coefficient (Wildman–Crippen LogP) is 3.35. The molecule has 5 nitrogen and oxygen atoms in total. The number of hydrogen-bond donors (Lipinski definition) is 0. The van der Waals surface area contributed by atoms with E-state index in [-0.39, 0.29) is 17.6 Å². The van der Waals surface area contributed by atoms with Crippen LogP contribution in [0.3, 0.4) is 0 Å². The van der Waals surface area contributed by atoms with Crippen LogP contribution in [-0.4, -0.2) is 47.7 Å². The van der Waals surface area contributed by atoms with Crippen molar-refractivity contribution in [2.24, 2.45) is 0 Å². The SMILES string of the molecule is COc1ccc(CN2CCN(c3cc(C(F)(F)F)ncn3)CC2C)cc1F. The number of benzene rings is 1. The number of aromatic nitrogens is 2. The van der Waals surface area contributed by atoms with Crippen molar-refractivity contribution >= 4 is 5.82 Å². The molecule has 0 spiro atoms. The Morgan fingerprint density at radius 3 is 2.59 bits per heavy atom. The van der Waals surface area contributed by atoms with Gasteiger partial charge in [-0.3, -0.25) is 4.90 Å².